The van der Waals surface area contributed by atoms with Gasteiger partial charge in [0, 0.05) is 58.6 Å². The number of hydrogen-bond donors (Lipinski definition) is 8. The molecule has 10 bridgehead atoms. The highest BCUT2D eigenvalue weighted by molar-refractivity contribution is 7.15. The third-order valence-corrected chi connectivity index (χ3v) is 20.2. The van der Waals surface area contributed by atoms with E-state index in [1.165, 1.54) is 30.4 Å². The predicted octanol–water partition coefficient (Wildman–Crippen LogP) is 7.62. The van der Waals surface area contributed by atoms with Crippen molar-refractivity contribution in [1.82, 2.24) is 61.5 Å². The van der Waals surface area contributed by atoms with Crippen LogP contribution < -0.4 is 31.5 Å². The number of thiazole rings is 6. The molecule has 8 aromatic rings. The van der Waals surface area contributed by atoms with Crippen LogP contribution in [0.5, 0.6) is 0 Å². The summed E-state index contributed by atoms with van der Waals surface area (Å²) in [7, 11) is 2.91. The third-order valence-electron chi connectivity index (χ3n) is 14.5. The number of carboxylic acid groups (broad SMARTS) is 2. The van der Waals surface area contributed by atoms with Crippen molar-refractivity contribution in [3.05, 3.63) is 111 Å². The molecule has 0 saturated heterocycles. The van der Waals surface area contributed by atoms with Crippen LogP contribution in [0.15, 0.2) is 64.0 Å². The Balaban J connectivity index is 1.05. The molecular weight excluding hydrogens is 1250 g/mol. The average molecular weight is 1310 g/mol. The lowest BCUT2D eigenvalue weighted by atomic mass is 10.0. The van der Waals surface area contributed by atoms with Gasteiger partial charge in [0.2, 0.25) is 17.7 Å². The number of anilines is 1. The van der Waals surface area contributed by atoms with Crippen LogP contribution in [-0.4, -0.2) is 125 Å². The monoisotopic (exact) mass is 1310 g/mol. The molecule has 6 amide bonds. The Bertz CT molecular complexity index is 3950. The maximum Gasteiger partial charge on any atom is 0.306 e. The molecule has 1 aliphatic heterocycles. The molecule has 1 unspecified atom stereocenters. The summed E-state index contributed by atoms with van der Waals surface area (Å²) in [5.41, 5.74) is 2.27. The lowest BCUT2D eigenvalue weighted by Crippen LogP contribution is -2.40. The standard InChI is InChI=1S/C57H57N13O12S6/c1-25(2)41-55-69-44(36(88-55)20-82-5)48(77)59-19-39(72)66-45(46(75)27-9-7-6-8-10-27)54-64-35(23-85-54)52-62-33(21-84-52)43-30(50-63-34(22-83-50)47(76)61-32(18-38(71)58-4)53-68-42(26(3)87-53)49(78)67-41)13-14-31(60-43)51-65-37(24-86-51)70(16-15-40(73)74)56(79)28-11-12-29(17-28)57(80)81/h6-10,13-14,21-25,28-29,32,41,45-46,75H,11-12,15-20H2,1-5H3,(H,58,71)(H,59,77)(H,61,76)(H,66,72)(H,67,78)(H,73,74)(H,80,81)/t28-,29-,32+,41?,45+,46+/m1/s1. The molecule has 88 heavy (non-hydrogen) atoms. The number of nitrogens with zero attached hydrogens (tertiary/aromatic N) is 8. The van der Waals surface area contributed by atoms with Gasteiger partial charge in [-0.1, -0.05) is 44.2 Å². The number of aromatic nitrogens is 7. The second kappa shape index (κ2) is 27.5. The number of hydrogen-bond acceptors (Lipinski definition) is 23. The number of rotatable bonds is 14. The first-order valence-corrected chi connectivity index (χ1v) is 32.6. The molecule has 0 spiro atoms. The van der Waals surface area contributed by atoms with Gasteiger partial charge >= 0.3 is 11.9 Å². The van der Waals surface area contributed by atoms with Gasteiger partial charge in [0.15, 0.2) is 0 Å². The first kappa shape index (κ1) is 62.9. The molecule has 1 fully saturated rings. The quantitative estimate of drug-likeness (QED) is 0.0519. The van der Waals surface area contributed by atoms with Crippen LogP contribution in [0, 0.1) is 24.7 Å². The molecule has 8 N–H and O–H groups in total. The summed E-state index contributed by atoms with van der Waals surface area (Å²) < 4.78 is 5.45. The van der Waals surface area contributed by atoms with Crippen molar-refractivity contribution < 1.29 is 58.4 Å². The maximum atomic E-state index is 14.4. The van der Waals surface area contributed by atoms with Crippen LogP contribution in [0.1, 0.15) is 132 Å². The number of fused-ring (bicyclic) bond motifs is 14. The minimum Gasteiger partial charge on any atom is -0.481 e. The van der Waals surface area contributed by atoms with Gasteiger partial charge in [-0.2, -0.15) is 0 Å². The summed E-state index contributed by atoms with van der Waals surface area (Å²) >= 11 is 6.94. The first-order valence-electron chi connectivity index (χ1n) is 27.5. The Morgan fingerprint density at radius 2 is 1.41 bits per heavy atom. The number of amides is 6. The van der Waals surface area contributed by atoms with E-state index in [2.05, 4.69) is 36.6 Å². The molecule has 458 valence electrons. The van der Waals surface area contributed by atoms with Gasteiger partial charge in [0.25, 0.3) is 17.7 Å². The van der Waals surface area contributed by atoms with Crippen LogP contribution in [0.25, 0.3) is 43.4 Å². The van der Waals surface area contributed by atoms with E-state index < -0.39 is 96.4 Å². The Kier molecular flexibility index (Phi) is 19.6. The summed E-state index contributed by atoms with van der Waals surface area (Å²) in [5, 5.41) is 54.0. The van der Waals surface area contributed by atoms with Crippen LogP contribution in [0.3, 0.4) is 0 Å². The molecule has 1 aliphatic carbocycles. The largest absolute Gasteiger partial charge is 0.481 e. The van der Waals surface area contributed by atoms with E-state index in [1.807, 2.05) is 13.8 Å². The van der Waals surface area contributed by atoms with Crippen molar-refractivity contribution in [2.75, 3.05) is 32.1 Å². The predicted molar refractivity (Wildman–Crippen MR) is 330 cm³/mol. The zero-order valence-electron chi connectivity index (χ0n) is 47.6. The Labute approximate surface area is 526 Å². The summed E-state index contributed by atoms with van der Waals surface area (Å²) in [4.78, 5) is 143. The fourth-order valence-electron chi connectivity index (χ4n) is 9.90. The number of aliphatic hydroxyl groups excluding tert-OH is 1. The zero-order valence-corrected chi connectivity index (χ0v) is 52.5. The smallest absolute Gasteiger partial charge is 0.306 e. The van der Waals surface area contributed by atoms with Crippen LogP contribution in [0.2, 0.25) is 0 Å². The number of carbonyl (C=O) groups is 8. The average Bonchev–Trinajstić information content (AvgIpc) is 2.54. The zero-order chi connectivity index (χ0) is 62.5. The normalized spacial score (nSPS) is 18.6. The van der Waals surface area contributed by atoms with Gasteiger partial charge < -0.3 is 46.6 Å². The van der Waals surface area contributed by atoms with E-state index in [0.29, 0.717) is 75.8 Å². The minimum absolute atomic E-state index is 0.0142. The van der Waals surface area contributed by atoms with Crippen LogP contribution >= 0.6 is 68.0 Å². The summed E-state index contributed by atoms with van der Waals surface area (Å²) in [6, 6.07) is 9.21. The number of pyridine rings is 1. The number of carbonyl (C=O) groups excluding carboxylic acids is 6. The molecule has 31 heteroatoms. The summed E-state index contributed by atoms with van der Waals surface area (Å²) in [6.07, 6.45) is -1.21. The van der Waals surface area contributed by atoms with Gasteiger partial charge in [0.05, 0.1) is 54.6 Å². The number of benzene rings is 1. The van der Waals surface area contributed by atoms with Crippen LogP contribution in [-0.2, 0) is 35.3 Å². The highest BCUT2D eigenvalue weighted by Gasteiger charge is 2.38. The van der Waals surface area contributed by atoms with Crippen molar-refractivity contribution in [1.29, 1.82) is 0 Å². The fraction of sp³-hybridized carbons (Fsp3) is 0.351. The molecule has 8 heterocycles. The van der Waals surface area contributed by atoms with Gasteiger partial charge in [-0.15, -0.1) is 68.0 Å². The molecule has 1 aromatic carbocycles. The number of ether oxygens (including phenoxy) is 1. The van der Waals surface area contributed by atoms with Gasteiger partial charge in [-0.3, -0.25) is 43.3 Å². The van der Waals surface area contributed by atoms with Gasteiger partial charge in [-0.05, 0) is 49.8 Å². The molecule has 6 atom stereocenters. The molecule has 0 radical (unpaired) electrons. The molecule has 7 aromatic heterocycles. The number of aryl methyl sites for hydroxylation is 1. The number of methoxy groups -OCH3 is 1. The first-order chi connectivity index (χ1) is 42.3. The lowest BCUT2D eigenvalue weighted by Gasteiger charge is -2.23. The molecule has 1 saturated carbocycles. The Hall–Kier alpha value is -8.17. The van der Waals surface area contributed by atoms with Crippen molar-refractivity contribution in [3.63, 3.8) is 0 Å². The van der Waals surface area contributed by atoms with Gasteiger partial charge in [-0.25, -0.2) is 34.9 Å². The summed E-state index contributed by atoms with van der Waals surface area (Å²) in [6.45, 7) is 4.67. The van der Waals surface area contributed by atoms with E-state index in [4.69, 9.17) is 29.7 Å². The second-order valence-electron chi connectivity index (χ2n) is 20.8. The molecule has 2 aliphatic rings. The lowest BCUT2D eigenvalue weighted by molar-refractivity contribution is -0.141. The highest BCUT2D eigenvalue weighted by atomic mass is 32.1. The SMILES string of the molecule is CNC(=O)C[C@@H]1NC(=O)c2csc(n2)-c2ccc(-c3nc(N(CCC(=O)O)C(=O)[C@@H]4CC[C@@H](C(=O)O)C4)cs3)nc2-c2csc(n2)-c2csc(n2)[C@H]([C@@H](O)c2ccccc2)NC(=O)CNC(=O)c2nc(sc2COC)C(C(C)C)NC(=O)c2nc1sc2C. The number of aliphatic carboxylic acids is 2. The number of aliphatic hydroxyl groups is 1. The third kappa shape index (κ3) is 14.0. The second-order valence-corrected chi connectivity index (χ2v) is 26.6. The number of carboxylic acids is 2. The maximum absolute atomic E-state index is 14.4. The van der Waals surface area contributed by atoms with E-state index in [9.17, 15) is 53.7 Å². The molecule has 10 rings (SSSR count). The van der Waals surface area contributed by atoms with Crippen molar-refractivity contribution >= 4 is 121 Å². The Morgan fingerprint density at radius 3 is 2.14 bits per heavy atom. The van der Waals surface area contributed by atoms with Crippen molar-refractivity contribution in [2.45, 2.75) is 83.7 Å². The Morgan fingerprint density at radius 1 is 0.705 bits per heavy atom. The van der Waals surface area contributed by atoms with Crippen LogP contribution in [0.4, 0.5) is 5.82 Å². The minimum atomic E-state index is -1.31. The van der Waals surface area contributed by atoms with Gasteiger partial charge in [0.1, 0.15) is 82.2 Å². The topological polar surface area (TPSA) is 360 Å². The van der Waals surface area contributed by atoms with E-state index in [-0.39, 0.29) is 65.5 Å². The number of nitrogens with one attached hydrogen (secondary N) is 5. The van der Waals surface area contributed by atoms with Crippen molar-refractivity contribution in [2.24, 2.45) is 17.8 Å². The molecular formula is C57H57N13O12S6. The summed E-state index contributed by atoms with van der Waals surface area (Å²) in [5.74, 6) is -7.02. The fourth-order valence-corrected chi connectivity index (χ4v) is 15.4. The van der Waals surface area contributed by atoms with E-state index >= 15 is 0 Å². The molecule has 25 nitrogen and oxygen atoms in total. The highest BCUT2D eigenvalue weighted by Crippen LogP contribution is 2.41. The van der Waals surface area contributed by atoms with Crippen molar-refractivity contribution in [3.8, 4) is 43.4 Å². The van der Waals surface area contributed by atoms with E-state index in [0.717, 1.165) is 56.7 Å². The van der Waals surface area contributed by atoms with E-state index in [1.54, 1.807) is 70.9 Å².